The van der Waals surface area contributed by atoms with Crippen LogP contribution in [0.2, 0.25) is 0 Å². The van der Waals surface area contributed by atoms with E-state index in [1.807, 2.05) is 0 Å². The van der Waals surface area contributed by atoms with Gasteiger partial charge in [-0.3, -0.25) is 13.9 Å². The molecule has 0 aromatic carbocycles. The monoisotopic (exact) mass is 374 g/mol. The van der Waals surface area contributed by atoms with Crippen LogP contribution in [-0.4, -0.2) is 48.8 Å². The van der Waals surface area contributed by atoms with E-state index in [1.54, 1.807) is 0 Å². The fourth-order valence-corrected chi connectivity index (χ4v) is 2.63. The first-order valence-electron chi connectivity index (χ1n) is 6.33. The molecule has 0 radical (unpaired) electrons. The van der Waals surface area contributed by atoms with E-state index >= 15 is 0 Å². The van der Waals surface area contributed by atoms with E-state index in [2.05, 4.69) is 16.1 Å². The molecule has 0 aliphatic carbocycles. The maximum absolute atomic E-state index is 11.6. The molecule has 12 heteroatoms. The smallest absolute Gasteiger partial charge is 0.335 e. The lowest BCUT2D eigenvalue weighted by atomic mass is 10.2. The summed E-state index contributed by atoms with van der Waals surface area (Å²) < 4.78 is 70.1. The van der Waals surface area contributed by atoms with Crippen molar-refractivity contribution in [2.45, 2.75) is 44.0 Å². The Morgan fingerprint density at radius 1 is 0.957 bits per heavy atom. The molecular formula is C11H18O10S2. The highest BCUT2D eigenvalue weighted by Crippen LogP contribution is 2.13. The second kappa shape index (κ2) is 8.38. The lowest BCUT2D eigenvalue weighted by molar-refractivity contribution is -0.148. The predicted molar refractivity (Wildman–Crippen MR) is 77.2 cm³/mol. The normalized spacial score (nSPS) is 14.6. The first kappa shape index (κ1) is 21.5. The van der Waals surface area contributed by atoms with Gasteiger partial charge in [0.1, 0.15) is 0 Å². The third-order valence-corrected chi connectivity index (χ3v) is 4.67. The minimum Gasteiger partial charge on any atom is -0.443 e. The summed E-state index contributed by atoms with van der Waals surface area (Å²) in [5.74, 6) is -2.46. The van der Waals surface area contributed by atoms with Gasteiger partial charge in [0, 0.05) is 5.57 Å². The molecule has 0 amide bonds. The average molecular weight is 374 g/mol. The molecule has 23 heavy (non-hydrogen) atoms. The lowest BCUT2D eigenvalue weighted by Gasteiger charge is -2.15. The molecule has 0 fully saturated rings. The molecule has 0 saturated carbocycles. The van der Waals surface area contributed by atoms with Crippen LogP contribution in [0.3, 0.4) is 0 Å². The van der Waals surface area contributed by atoms with Crippen LogP contribution in [0.25, 0.3) is 0 Å². The summed E-state index contributed by atoms with van der Waals surface area (Å²) in [5, 5.41) is 0. The van der Waals surface area contributed by atoms with Gasteiger partial charge in [0.25, 0.3) is 0 Å². The molecule has 0 bridgehead atoms. The Kier molecular flexibility index (Phi) is 7.83. The third-order valence-electron chi connectivity index (χ3n) is 2.48. The van der Waals surface area contributed by atoms with Crippen LogP contribution in [0.5, 0.6) is 0 Å². The molecule has 0 aliphatic heterocycles. The standard InChI is InChI=1S/C11H18O10S2/c1-4-9(22(14,15)16)20-8(12)6-7(3)11(13)21-10(5-2)23(17,18)19/h9-10H,3-6H2,1-2H3,(H,14,15,16)(H,17,18,19). The fourth-order valence-electron chi connectivity index (χ4n) is 1.35. The molecule has 134 valence electrons. The van der Waals surface area contributed by atoms with Crippen LogP contribution >= 0.6 is 0 Å². The zero-order valence-electron chi connectivity index (χ0n) is 12.5. The van der Waals surface area contributed by atoms with Gasteiger partial charge >= 0.3 is 32.2 Å². The van der Waals surface area contributed by atoms with E-state index in [4.69, 9.17) is 9.11 Å². The summed E-state index contributed by atoms with van der Waals surface area (Å²) >= 11 is 0. The summed E-state index contributed by atoms with van der Waals surface area (Å²) in [7, 11) is -9.24. The zero-order valence-corrected chi connectivity index (χ0v) is 14.1. The molecule has 0 heterocycles. The molecular weight excluding hydrogens is 356 g/mol. The Bertz CT molecular complexity index is 661. The summed E-state index contributed by atoms with van der Waals surface area (Å²) in [6.07, 6.45) is -1.24. The van der Waals surface area contributed by atoms with E-state index in [1.165, 1.54) is 13.8 Å². The van der Waals surface area contributed by atoms with Crippen molar-refractivity contribution in [2.75, 3.05) is 0 Å². The Morgan fingerprint density at radius 3 is 1.70 bits per heavy atom. The maximum Gasteiger partial charge on any atom is 0.335 e. The maximum atomic E-state index is 11.6. The molecule has 2 N–H and O–H groups in total. The summed E-state index contributed by atoms with van der Waals surface area (Å²) in [5.41, 5.74) is -4.12. The Balaban J connectivity index is 4.76. The number of hydrogen-bond donors (Lipinski definition) is 2. The topological polar surface area (TPSA) is 161 Å². The third kappa shape index (κ3) is 7.54. The van der Waals surface area contributed by atoms with Gasteiger partial charge in [-0.15, -0.1) is 0 Å². The van der Waals surface area contributed by atoms with Crippen molar-refractivity contribution in [3.8, 4) is 0 Å². The van der Waals surface area contributed by atoms with Crippen LogP contribution < -0.4 is 0 Å². The molecule has 0 rings (SSSR count). The van der Waals surface area contributed by atoms with Crippen molar-refractivity contribution in [1.29, 1.82) is 0 Å². The highest BCUT2D eigenvalue weighted by atomic mass is 32.2. The molecule has 0 aromatic rings. The van der Waals surface area contributed by atoms with Crippen molar-refractivity contribution in [2.24, 2.45) is 0 Å². The van der Waals surface area contributed by atoms with Crippen LogP contribution in [0, 0.1) is 0 Å². The number of hydrogen-bond acceptors (Lipinski definition) is 8. The van der Waals surface area contributed by atoms with Crippen LogP contribution in [0.15, 0.2) is 12.2 Å². The number of carbonyl (C=O) groups excluding carboxylic acids is 2. The van der Waals surface area contributed by atoms with Gasteiger partial charge in [-0.25, -0.2) is 4.79 Å². The Labute approximate surface area is 134 Å². The van der Waals surface area contributed by atoms with Gasteiger partial charge in [0.2, 0.25) is 10.9 Å². The van der Waals surface area contributed by atoms with Crippen LogP contribution in [0.4, 0.5) is 0 Å². The highest BCUT2D eigenvalue weighted by molar-refractivity contribution is 7.86. The van der Waals surface area contributed by atoms with Gasteiger partial charge in [0.05, 0.1) is 6.42 Å². The van der Waals surface area contributed by atoms with Crippen molar-refractivity contribution >= 4 is 32.2 Å². The van der Waals surface area contributed by atoms with Gasteiger partial charge in [-0.1, -0.05) is 20.4 Å². The summed E-state index contributed by atoms with van der Waals surface area (Å²) in [6, 6.07) is 0. The van der Waals surface area contributed by atoms with Crippen LogP contribution in [0.1, 0.15) is 33.1 Å². The van der Waals surface area contributed by atoms with E-state index < -0.39 is 55.0 Å². The quantitative estimate of drug-likeness (QED) is 0.325. The zero-order chi connectivity index (χ0) is 18.4. The largest absolute Gasteiger partial charge is 0.443 e. The second-order valence-corrected chi connectivity index (χ2v) is 7.49. The molecule has 10 nitrogen and oxygen atoms in total. The van der Waals surface area contributed by atoms with Crippen molar-refractivity contribution in [3.05, 3.63) is 12.2 Å². The Morgan fingerprint density at radius 2 is 1.35 bits per heavy atom. The summed E-state index contributed by atoms with van der Waals surface area (Å²) in [6.45, 7) is 5.87. The molecule has 2 atom stereocenters. The van der Waals surface area contributed by atoms with E-state index in [-0.39, 0.29) is 12.8 Å². The number of esters is 2. The van der Waals surface area contributed by atoms with E-state index in [9.17, 15) is 26.4 Å². The van der Waals surface area contributed by atoms with Crippen molar-refractivity contribution < 1.29 is 45.0 Å². The van der Waals surface area contributed by atoms with E-state index in [0.717, 1.165) is 0 Å². The first-order valence-corrected chi connectivity index (χ1v) is 9.34. The van der Waals surface area contributed by atoms with Gasteiger partial charge in [0.15, 0.2) is 0 Å². The fraction of sp³-hybridized carbons (Fsp3) is 0.636. The van der Waals surface area contributed by atoms with Gasteiger partial charge in [-0.05, 0) is 12.8 Å². The van der Waals surface area contributed by atoms with Crippen LogP contribution in [-0.2, 0) is 39.3 Å². The number of ether oxygens (including phenoxy) is 2. The molecule has 0 saturated heterocycles. The second-order valence-electron chi connectivity index (χ2n) is 4.38. The van der Waals surface area contributed by atoms with Crippen molar-refractivity contribution in [3.63, 3.8) is 0 Å². The minimum atomic E-state index is -4.63. The lowest BCUT2D eigenvalue weighted by Crippen LogP contribution is -2.29. The molecule has 2 unspecified atom stereocenters. The molecule has 0 aliphatic rings. The highest BCUT2D eigenvalue weighted by Gasteiger charge is 2.29. The Hall–Kier alpha value is -1.50. The number of carbonyl (C=O) groups is 2. The SMILES string of the molecule is C=C(CC(=O)OC(CC)S(=O)(=O)O)C(=O)OC(CC)S(=O)(=O)O. The van der Waals surface area contributed by atoms with Gasteiger partial charge in [-0.2, -0.15) is 16.8 Å². The van der Waals surface area contributed by atoms with Gasteiger partial charge < -0.3 is 9.47 Å². The van der Waals surface area contributed by atoms with E-state index in [0.29, 0.717) is 0 Å². The van der Waals surface area contributed by atoms with Crippen molar-refractivity contribution in [1.82, 2.24) is 0 Å². The molecule has 0 aromatic heterocycles. The summed E-state index contributed by atoms with van der Waals surface area (Å²) in [4.78, 5) is 23.1. The number of rotatable bonds is 9. The predicted octanol–water partition coefficient (Wildman–Crippen LogP) is 0.267. The average Bonchev–Trinajstić information content (AvgIpc) is 2.38. The molecule has 0 spiro atoms. The first-order chi connectivity index (χ1) is 10.3. The minimum absolute atomic E-state index is 0.220.